The van der Waals surface area contributed by atoms with Gasteiger partial charge in [0.15, 0.2) is 0 Å². The van der Waals surface area contributed by atoms with Crippen molar-refractivity contribution < 1.29 is 13.2 Å². The molecule has 3 fully saturated rings. The molecule has 1 heterocycles. The van der Waals surface area contributed by atoms with Crippen LogP contribution >= 0.6 is 0 Å². The van der Waals surface area contributed by atoms with Crippen molar-refractivity contribution >= 4 is 0 Å². The Balaban J connectivity index is 1.87. The Hall–Kier alpha value is -1.06. The summed E-state index contributed by atoms with van der Waals surface area (Å²) in [6.07, 6.45) is 3.44. The van der Waals surface area contributed by atoms with E-state index in [-0.39, 0.29) is 5.41 Å². The molecule has 0 unspecified atom stereocenters. The van der Waals surface area contributed by atoms with E-state index < -0.39 is 11.7 Å². The second kappa shape index (κ2) is 3.97. The second-order valence-corrected chi connectivity index (χ2v) is 6.52. The third-order valence-corrected chi connectivity index (χ3v) is 5.26. The molecule has 3 saturated carbocycles. The van der Waals surface area contributed by atoms with Crippen LogP contribution in [-0.4, -0.2) is 4.98 Å². The van der Waals surface area contributed by atoms with Gasteiger partial charge < -0.3 is 0 Å². The zero-order chi connectivity index (χ0) is 13.7. The quantitative estimate of drug-likeness (QED) is 0.719. The molecule has 0 atom stereocenters. The zero-order valence-corrected chi connectivity index (χ0v) is 11.1. The van der Waals surface area contributed by atoms with Gasteiger partial charge in [-0.25, -0.2) is 0 Å². The summed E-state index contributed by atoms with van der Waals surface area (Å²) in [5.41, 5.74) is 0.724. The molecule has 0 N–H and O–H groups in total. The van der Waals surface area contributed by atoms with Crippen LogP contribution in [0.3, 0.4) is 0 Å². The summed E-state index contributed by atoms with van der Waals surface area (Å²) in [5.74, 6) is 0. The lowest BCUT2D eigenvalue weighted by Gasteiger charge is -2.51. The molecule has 3 aliphatic rings. The van der Waals surface area contributed by atoms with E-state index in [9.17, 15) is 13.2 Å². The maximum Gasteiger partial charge on any atom is 0.417 e. The van der Waals surface area contributed by atoms with Gasteiger partial charge in [0, 0.05) is 17.3 Å². The maximum atomic E-state index is 12.6. The summed E-state index contributed by atoms with van der Waals surface area (Å²) >= 11 is 0. The Kier molecular flexibility index (Phi) is 2.70. The topological polar surface area (TPSA) is 12.9 Å². The molecule has 3 aliphatic carbocycles. The smallest absolute Gasteiger partial charge is 0.260 e. The highest BCUT2D eigenvalue weighted by atomic mass is 19.4. The molecule has 0 aliphatic heterocycles. The van der Waals surface area contributed by atoms with Crippen LogP contribution in [0, 0.1) is 5.41 Å². The molecular weight excluding hydrogens is 251 g/mol. The van der Waals surface area contributed by atoms with Gasteiger partial charge in [0.05, 0.1) is 5.56 Å². The molecule has 2 bridgehead atoms. The van der Waals surface area contributed by atoms with Crippen molar-refractivity contribution in [2.24, 2.45) is 5.41 Å². The number of rotatable bonds is 1. The fourth-order valence-corrected chi connectivity index (χ4v) is 3.63. The first-order valence-electron chi connectivity index (χ1n) is 6.87. The molecular formula is C15H18F3N. The summed E-state index contributed by atoms with van der Waals surface area (Å²) in [6, 6.07) is 2.77. The molecule has 104 valence electrons. The van der Waals surface area contributed by atoms with Crippen molar-refractivity contribution in [1.82, 2.24) is 4.98 Å². The first-order valence-corrected chi connectivity index (χ1v) is 6.87. The normalized spacial score (nSPS) is 34.5. The van der Waals surface area contributed by atoms with E-state index in [4.69, 9.17) is 0 Å². The van der Waals surface area contributed by atoms with E-state index in [1.807, 2.05) is 0 Å². The van der Waals surface area contributed by atoms with E-state index in [1.165, 1.54) is 25.3 Å². The van der Waals surface area contributed by atoms with Gasteiger partial charge in [0.2, 0.25) is 0 Å². The van der Waals surface area contributed by atoms with Crippen LogP contribution in [0.2, 0.25) is 0 Å². The van der Waals surface area contributed by atoms with Crippen LogP contribution in [0.25, 0.3) is 0 Å². The average Bonchev–Trinajstić information content (AvgIpc) is 2.39. The Morgan fingerprint density at radius 3 is 2.00 bits per heavy atom. The van der Waals surface area contributed by atoms with E-state index in [0.717, 1.165) is 31.2 Å². The Bertz CT molecular complexity index is 451. The van der Waals surface area contributed by atoms with Crippen molar-refractivity contribution in [3.8, 4) is 0 Å². The highest BCUT2D eigenvalue weighted by Crippen LogP contribution is 2.57. The van der Waals surface area contributed by atoms with Gasteiger partial charge in [-0.05, 0) is 56.1 Å². The molecule has 0 saturated heterocycles. The lowest BCUT2D eigenvalue weighted by molar-refractivity contribution is -0.137. The average molecular weight is 269 g/mol. The predicted molar refractivity (Wildman–Crippen MR) is 66.7 cm³/mol. The zero-order valence-electron chi connectivity index (χ0n) is 11.1. The number of halogens is 3. The Morgan fingerprint density at radius 2 is 1.58 bits per heavy atom. The Morgan fingerprint density at radius 1 is 1.00 bits per heavy atom. The summed E-state index contributed by atoms with van der Waals surface area (Å²) < 4.78 is 37.7. The third kappa shape index (κ3) is 2.15. The predicted octanol–water partition coefficient (Wildman–Crippen LogP) is 4.71. The van der Waals surface area contributed by atoms with Gasteiger partial charge >= 0.3 is 6.18 Å². The van der Waals surface area contributed by atoms with Crippen LogP contribution < -0.4 is 0 Å². The monoisotopic (exact) mass is 269 g/mol. The highest BCUT2D eigenvalue weighted by Gasteiger charge is 2.47. The minimum absolute atomic E-state index is 0.0435. The van der Waals surface area contributed by atoms with Gasteiger partial charge in [-0.1, -0.05) is 6.92 Å². The van der Waals surface area contributed by atoms with Gasteiger partial charge in [-0.15, -0.1) is 0 Å². The molecule has 0 aromatic carbocycles. The summed E-state index contributed by atoms with van der Waals surface area (Å²) in [5, 5.41) is 0. The van der Waals surface area contributed by atoms with E-state index in [2.05, 4.69) is 11.9 Å². The first kappa shape index (κ1) is 12.9. The number of fused-ring (bicyclic) bond motifs is 3. The SMILES string of the molecule is CC12CCC(c3ccc(C(F)(F)F)cn3)(CC1)CC2. The molecule has 0 spiro atoms. The maximum absolute atomic E-state index is 12.6. The first-order chi connectivity index (χ1) is 8.83. The van der Waals surface area contributed by atoms with Crippen LogP contribution in [0.5, 0.6) is 0 Å². The number of pyridine rings is 1. The van der Waals surface area contributed by atoms with Crippen LogP contribution in [0.15, 0.2) is 18.3 Å². The van der Waals surface area contributed by atoms with Crippen LogP contribution in [-0.2, 0) is 11.6 Å². The van der Waals surface area contributed by atoms with Gasteiger partial charge in [-0.2, -0.15) is 13.2 Å². The largest absolute Gasteiger partial charge is 0.417 e. The third-order valence-electron chi connectivity index (χ3n) is 5.26. The minimum Gasteiger partial charge on any atom is -0.260 e. The lowest BCUT2D eigenvalue weighted by atomic mass is 9.53. The molecule has 4 rings (SSSR count). The van der Waals surface area contributed by atoms with Gasteiger partial charge in [0.1, 0.15) is 0 Å². The highest BCUT2D eigenvalue weighted by molar-refractivity contribution is 5.25. The molecule has 4 heteroatoms. The van der Waals surface area contributed by atoms with Crippen molar-refractivity contribution in [1.29, 1.82) is 0 Å². The second-order valence-electron chi connectivity index (χ2n) is 6.52. The van der Waals surface area contributed by atoms with E-state index >= 15 is 0 Å². The molecule has 1 aromatic rings. The minimum atomic E-state index is -4.29. The molecule has 0 amide bonds. The lowest BCUT2D eigenvalue weighted by Crippen LogP contribution is -2.43. The van der Waals surface area contributed by atoms with Gasteiger partial charge in [-0.3, -0.25) is 4.98 Å². The molecule has 1 nitrogen and oxygen atoms in total. The molecule has 0 radical (unpaired) electrons. The standard InChI is InChI=1S/C15H18F3N/c1-13-4-7-14(8-5-13,9-6-13)12-3-2-11(10-19-12)15(16,17)18/h2-3,10H,4-9H2,1H3. The van der Waals surface area contributed by atoms with Crippen LogP contribution in [0.1, 0.15) is 56.7 Å². The van der Waals surface area contributed by atoms with Gasteiger partial charge in [0.25, 0.3) is 0 Å². The number of hydrogen-bond donors (Lipinski definition) is 0. The number of hydrogen-bond acceptors (Lipinski definition) is 1. The fourth-order valence-electron chi connectivity index (χ4n) is 3.63. The number of alkyl halides is 3. The van der Waals surface area contributed by atoms with Crippen molar-refractivity contribution in [2.45, 2.75) is 57.0 Å². The van der Waals surface area contributed by atoms with Crippen molar-refractivity contribution in [3.63, 3.8) is 0 Å². The summed E-state index contributed by atoms with van der Waals surface area (Å²) in [7, 11) is 0. The number of aromatic nitrogens is 1. The summed E-state index contributed by atoms with van der Waals surface area (Å²) in [4.78, 5) is 4.14. The van der Waals surface area contributed by atoms with E-state index in [0.29, 0.717) is 5.41 Å². The Labute approximate surface area is 111 Å². The van der Waals surface area contributed by atoms with Crippen molar-refractivity contribution in [3.05, 3.63) is 29.6 Å². The molecule has 19 heavy (non-hydrogen) atoms. The number of nitrogens with zero attached hydrogens (tertiary/aromatic N) is 1. The van der Waals surface area contributed by atoms with E-state index in [1.54, 1.807) is 6.07 Å². The fraction of sp³-hybridized carbons (Fsp3) is 0.667. The molecule has 1 aromatic heterocycles. The van der Waals surface area contributed by atoms with Crippen molar-refractivity contribution in [2.75, 3.05) is 0 Å². The summed E-state index contributed by atoms with van der Waals surface area (Å²) in [6.45, 7) is 2.33. The van der Waals surface area contributed by atoms with Crippen LogP contribution in [0.4, 0.5) is 13.2 Å².